The molecule has 7 nitrogen and oxygen atoms in total. The number of piperidine rings is 2. The van der Waals surface area contributed by atoms with Gasteiger partial charge in [-0.3, -0.25) is 14.7 Å². The maximum atomic E-state index is 13.1. The van der Waals surface area contributed by atoms with Gasteiger partial charge in [0.1, 0.15) is 0 Å². The first-order valence-corrected chi connectivity index (χ1v) is 10.3. The van der Waals surface area contributed by atoms with Crippen LogP contribution in [0, 0.1) is 5.41 Å². The summed E-state index contributed by atoms with van der Waals surface area (Å²) in [6.45, 7) is 1.52. The first kappa shape index (κ1) is 18.5. The van der Waals surface area contributed by atoms with Crippen molar-refractivity contribution in [3.8, 4) is 0 Å². The van der Waals surface area contributed by atoms with Gasteiger partial charge >= 0.3 is 0 Å². The number of hydrogen-bond donors (Lipinski definition) is 2. The molecule has 1 aromatic heterocycles. The van der Waals surface area contributed by atoms with Gasteiger partial charge in [-0.1, -0.05) is 19.3 Å². The Labute approximate surface area is 160 Å². The van der Waals surface area contributed by atoms with Crippen LogP contribution >= 0.6 is 0 Å². The van der Waals surface area contributed by atoms with Crippen LogP contribution in [0.2, 0.25) is 0 Å². The monoisotopic (exact) mass is 374 g/mol. The molecule has 1 atom stereocenters. The molecule has 0 bridgehead atoms. The number of H-pyrrole nitrogens is 1. The molecule has 1 aromatic rings. The van der Waals surface area contributed by atoms with E-state index in [1.165, 1.54) is 19.3 Å². The third-order valence-corrected chi connectivity index (χ3v) is 6.83. The lowest BCUT2D eigenvalue weighted by Crippen LogP contribution is -2.56. The highest BCUT2D eigenvalue weighted by atomic mass is 16.3. The number of rotatable bonds is 2. The molecule has 27 heavy (non-hydrogen) atoms. The fraction of sp³-hybridized carbons (Fsp3) is 0.750. The number of β-amino-alcohol motifs (C(OH)–C–C–N with tert-alkyl or cyclic N) is 1. The van der Waals surface area contributed by atoms with E-state index < -0.39 is 11.5 Å². The van der Waals surface area contributed by atoms with Crippen molar-refractivity contribution in [2.75, 3.05) is 26.7 Å². The fourth-order valence-corrected chi connectivity index (χ4v) is 5.30. The lowest BCUT2D eigenvalue weighted by Gasteiger charge is -2.47. The number of aliphatic hydroxyl groups excluding tert-OH is 1. The Bertz CT molecular complexity index is 702. The molecule has 1 unspecified atom stereocenters. The minimum absolute atomic E-state index is 0.0244. The summed E-state index contributed by atoms with van der Waals surface area (Å²) in [6.07, 6.45) is 8.87. The largest absolute Gasteiger partial charge is 0.391 e. The molecule has 7 heteroatoms. The standard InChI is InChI=1S/C20H30N4O3/c1-23-13-15(25)11-20(19(23)27)7-9-24(10-8-20)18(26)16-12-21-22-17(16)14-5-3-2-4-6-14/h12,14-15,25H,2-11,13H2,1H3,(H,21,22). The van der Waals surface area contributed by atoms with Gasteiger partial charge in [0.25, 0.3) is 5.91 Å². The average molecular weight is 374 g/mol. The second-order valence-electron chi connectivity index (χ2n) is 8.65. The fourth-order valence-electron chi connectivity index (χ4n) is 5.30. The molecule has 1 spiro atoms. The Hall–Kier alpha value is -1.89. The van der Waals surface area contributed by atoms with Gasteiger partial charge in [0.05, 0.1) is 29.0 Å². The number of likely N-dealkylation sites (tertiary alicyclic amines) is 2. The Balaban J connectivity index is 1.45. The van der Waals surface area contributed by atoms with Crippen LogP contribution in [0.5, 0.6) is 0 Å². The van der Waals surface area contributed by atoms with E-state index in [-0.39, 0.29) is 11.8 Å². The quantitative estimate of drug-likeness (QED) is 0.827. The van der Waals surface area contributed by atoms with Gasteiger partial charge in [-0.05, 0) is 32.1 Å². The van der Waals surface area contributed by atoms with Crippen molar-refractivity contribution in [3.05, 3.63) is 17.5 Å². The number of nitrogens with one attached hydrogen (secondary N) is 1. The number of carbonyl (C=O) groups excluding carboxylic acids is 2. The smallest absolute Gasteiger partial charge is 0.257 e. The van der Waals surface area contributed by atoms with Crippen LogP contribution in [0.4, 0.5) is 0 Å². The molecule has 3 aliphatic rings. The van der Waals surface area contributed by atoms with Crippen LogP contribution in [0.1, 0.15) is 73.3 Å². The number of nitrogens with zero attached hydrogens (tertiary/aromatic N) is 3. The lowest BCUT2D eigenvalue weighted by atomic mass is 9.71. The second kappa shape index (κ2) is 7.26. The molecule has 0 aromatic carbocycles. The number of likely N-dealkylation sites (N-methyl/N-ethyl adjacent to an activating group) is 1. The first-order valence-electron chi connectivity index (χ1n) is 10.3. The van der Waals surface area contributed by atoms with E-state index >= 15 is 0 Å². The number of aromatic amines is 1. The summed E-state index contributed by atoms with van der Waals surface area (Å²) in [5, 5.41) is 17.4. The first-order chi connectivity index (χ1) is 13.0. The summed E-state index contributed by atoms with van der Waals surface area (Å²) < 4.78 is 0. The Kier molecular flexibility index (Phi) is 4.97. The minimum Gasteiger partial charge on any atom is -0.391 e. The Morgan fingerprint density at radius 2 is 1.96 bits per heavy atom. The molecule has 1 saturated carbocycles. The van der Waals surface area contributed by atoms with Crippen molar-refractivity contribution in [1.82, 2.24) is 20.0 Å². The highest BCUT2D eigenvalue weighted by Crippen LogP contribution is 2.41. The number of aromatic nitrogens is 2. The van der Waals surface area contributed by atoms with Crippen molar-refractivity contribution in [2.45, 2.75) is 63.4 Å². The highest BCUT2D eigenvalue weighted by molar-refractivity contribution is 5.95. The van der Waals surface area contributed by atoms with Crippen LogP contribution in [0.3, 0.4) is 0 Å². The van der Waals surface area contributed by atoms with Crippen molar-refractivity contribution in [3.63, 3.8) is 0 Å². The molecule has 148 valence electrons. The normalized spacial score (nSPS) is 26.6. The van der Waals surface area contributed by atoms with Crippen molar-refractivity contribution in [2.24, 2.45) is 5.41 Å². The van der Waals surface area contributed by atoms with Gasteiger partial charge in [0, 0.05) is 32.6 Å². The second-order valence-corrected chi connectivity index (χ2v) is 8.65. The van der Waals surface area contributed by atoms with Gasteiger partial charge < -0.3 is 14.9 Å². The molecule has 2 aliphatic heterocycles. The number of aliphatic hydroxyl groups is 1. The van der Waals surface area contributed by atoms with Gasteiger partial charge in [-0.25, -0.2) is 0 Å². The summed E-state index contributed by atoms with van der Waals surface area (Å²) in [6, 6.07) is 0. The highest BCUT2D eigenvalue weighted by Gasteiger charge is 2.48. The van der Waals surface area contributed by atoms with Crippen LogP contribution in [-0.2, 0) is 4.79 Å². The summed E-state index contributed by atoms with van der Waals surface area (Å²) in [7, 11) is 1.76. The number of amides is 2. The number of hydrogen-bond acceptors (Lipinski definition) is 4. The predicted octanol–water partition coefficient (Wildman–Crippen LogP) is 1.90. The molecule has 2 amide bonds. The summed E-state index contributed by atoms with van der Waals surface area (Å²) in [4.78, 5) is 29.3. The molecular weight excluding hydrogens is 344 g/mol. The maximum absolute atomic E-state index is 13.1. The van der Waals surface area contributed by atoms with Crippen molar-refractivity contribution >= 4 is 11.8 Å². The minimum atomic E-state index is -0.508. The van der Waals surface area contributed by atoms with Crippen LogP contribution in [0.15, 0.2) is 6.20 Å². The van der Waals surface area contributed by atoms with E-state index in [4.69, 9.17) is 0 Å². The van der Waals surface area contributed by atoms with E-state index in [0.717, 1.165) is 18.5 Å². The predicted molar refractivity (Wildman–Crippen MR) is 100 cm³/mol. The van der Waals surface area contributed by atoms with Gasteiger partial charge in [-0.15, -0.1) is 0 Å². The van der Waals surface area contributed by atoms with E-state index in [2.05, 4.69) is 10.2 Å². The third-order valence-electron chi connectivity index (χ3n) is 6.83. The van der Waals surface area contributed by atoms with Crippen molar-refractivity contribution in [1.29, 1.82) is 0 Å². The van der Waals surface area contributed by atoms with E-state index in [1.54, 1.807) is 18.1 Å². The SMILES string of the molecule is CN1CC(O)CC2(CCN(C(=O)c3cn[nH]c3C3CCCCC3)CC2)C1=O. The average Bonchev–Trinajstić information content (AvgIpc) is 3.17. The van der Waals surface area contributed by atoms with Crippen molar-refractivity contribution < 1.29 is 14.7 Å². The molecule has 4 rings (SSSR count). The molecule has 3 fully saturated rings. The molecule has 2 N–H and O–H groups in total. The third kappa shape index (κ3) is 3.37. The van der Waals surface area contributed by atoms with Crippen LogP contribution in [-0.4, -0.2) is 69.7 Å². The Morgan fingerprint density at radius 1 is 1.26 bits per heavy atom. The Morgan fingerprint density at radius 3 is 2.67 bits per heavy atom. The van der Waals surface area contributed by atoms with Crippen LogP contribution < -0.4 is 0 Å². The zero-order chi connectivity index (χ0) is 19.0. The summed E-state index contributed by atoms with van der Waals surface area (Å²) in [5.41, 5.74) is 1.18. The molecule has 1 aliphatic carbocycles. The molecule has 2 saturated heterocycles. The van der Waals surface area contributed by atoms with E-state index in [1.807, 2.05) is 4.90 Å². The zero-order valence-corrected chi connectivity index (χ0v) is 16.1. The topological polar surface area (TPSA) is 89.5 Å². The molecule has 3 heterocycles. The van der Waals surface area contributed by atoms with Gasteiger partial charge in [0.15, 0.2) is 0 Å². The van der Waals surface area contributed by atoms with E-state index in [0.29, 0.717) is 50.4 Å². The molecular formula is C20H30N4O3. The van der Waals surface area contributed by atoms with Gasteiger partial charge in [-0.2, -0.15) is 5.10 Å². The van der Waals surface area contributed by atoms with E-state index in [9.17, 15) is 14.7 Å². The maximum Gasteiger partial charge on any atom is 0.257 e. The van der Waals surface area contributed by atoms with Gasteiger partial charge in [0.2, 0.25) is 5.91 Å². The number of carbonyl (C=O) groups is 2. The molecule has 0 radical (unpaired) electrons. The lowest BCUT2D eigenvalue weighted by molar-refractivity contribution is -0.154. The zero-order valence-electron chi connectivity index (χ0n) is 16.1. The summed E-state index contributed by atoms with van der Waals surface area (Å²) in [5.74, 6) is 0.544. The van der Waals surface area contributed by atoms with Crippen LogP contribution in [0.25, 0.3) is 0 Å². The summed E-state index contributed by atoms with van der Waals surface area (Å²) >= 11 is 0.